The highest BCUT2D eigenvalue weighted by Gasteiger charge is 2.13. The van der Waals surface area contributed by atoms with Gasteiger partial charge in [0.25, 0.3) is 0 Å². The molecule has 0 aliphatic rings. The zero-order chi connectivity index (χ0) is 13.8. The van der Waals surface area contributed by atoms with E-state index in [0.717, 1.165) is 0 Å². The number of nitrogen functional groups attached to an aromatic ring is 1. The van der Waals surface area contributed by atoms with E-state index < -0.39 is 10.8 Å². The maximum atomic E-state index is 11.5. The van der Waals surface area contributed by atoms with Gasteiger partial charge in [-0.3, -0.25) is 4.21 Å². The van der Waals surface area contributed by atoms with Crippen LogP contribution in [0.3, 0.4) is 0 Å². The fourth-order valence-electron chi connectivity index (χ4n) is 1.61. The number of aryl methyl sites for hydroxylation is 1. The van der Waals surface area contributed by atoms with Crippen molar-refractivity contribution in [3.05, 3.63) is 23.2 Å². The Hall–Kier alpha value is -1.47. The van der Waals surface area contributed by atoms with Crippen molar-refractivity contribution < 1.29 is 4.21 Å². The number of rotatable bonds is 5. The molecule has 1 unspecified atom stereocenters. The van der Waals surface area contributed by atoms with E-state index in [4.69, 9.17) is 17.3 Å². The fraction of sp³-hybridized carbons (Fsp3) is 0.364. The minimum Gasteiger partial charge on any atom is -0.397 e. The van der Waals surface area contributed by atoms with Crippen LogP contribution in [0.1, 0.15) is 6.92 Å². The first-order valence-electron chi connectivity index (χ1n) is 5.79. The van der Waals surface area contributed by atoms with E-state index in [1.807, 2.05) is 6.92 Å². The van der Waals surface area contributed by atoms with Gasteiger partial charge in [-0.2, -0.15) is 0 Å². The van der Waals surface area contributed by atoms with Crippen LogP contribution >= 0.6 is 11.6 Å². The SMILES string of the molecule is CCS(=O)CCn1nnnc1-c1cccc(Cl)c1N. The molecule has 0 spiro atoms. The van der Waals surface area contributed by atoms with E-state index in [9.17, 15) is 4.21 Å². The number of para-hydroxylation sites is 1. The van der Waals surface area contributed by atoms with Crippen molar-refractivity contribution in [2.24, 2.45) is 0 Å². The van der Waals surface area contributed by atoms with Gasteiger partial charge in [0.2, 0.25) is 0 Å². The third kappa shape index (κ3) is 3.10. The van der Waals surface area contributed by atoms with Crippen LogP contribution in [0.2, 0.25) is 5.02 Å². The van der Waals surface area contributed by atoms with Crippen LogP contribution in [0.25, 0.3) is 11.4 Å². The molecule has 1 aromatic carbocycles. The second-order valence-corrected chi connectivity index (χ2v) is 6.13. The number of anilines is 1. The first-order valence-corrected chi connectivity index (χ1v) is 7.65. The summed E-state index contributed by atoms with van der Waals surface area (Å²) in [5, 5.41) is 11.9. The Morgan fingerprint density at radius 1 is 1.47 bits per heavy atom. The molecule has 0 fully saturated rings. The molecule has 0 bridgehead atoms. The lowest BCUT2D eigenvalue weighted by Gasteiger charge is -2.07. The monoisotopic (exact) mass is 299 g/mol. The molecule has 1 aromatic heterocycles. The van der Waals surface area contributed by atoms with Crippen molar-refractivity contribution >= 4 is 28.1 Å². The zero-order valence-corrected chi connectivity index (χ0v) is 12.0. The average Bonchev–Trinajstić information content (AvgIpc) is 2.87. The van der Waals surface area contributed by atoms with Crippen LogP contribution in [-0.2, 0) is 17.3 Å². The van der Waals surface area contributed by atoms with Crippen molar-refractivity contribution in [2.75, 3.05) is 17.2 Å². The summed E-state index contributed by atoms with van der Waals surface area (Å²) in [6, 6.07) is 5.30. The predicted molar refractivity (Wildman–Crippen MR) is 76.2 cm³/mol. The molecule has 0 aliphatic carbocycles. The van der Waals surface area contributed by atoms with Crippen LogP contribution in [-0.4, -0.2) is 35.9 Å². The molecule has 1 heterocycles. The van der Waals surface area contributed by atoms with Crippen LogP contribution in [0.5, 0.6) is 0 Å². The molecular weight excluding hydrogens is 286 g/mol. The number of aromatic nitrogens is 4. The lowest BCUT2D eigenvalue weighted by molar-refractivity contribution is 0.624. The summed E-state index contributed by atoms with van der Waals surface area (Å²) in [7, 11) is -0.860. The van der Waals surface area contributed by atoms with Gasteiger partial charge in [0.15, 0.2) is 5.82 Å². The normalized spacial score (nSPS) is 12.5. The van der Waals surface area contributed by atoms with Gasteiger partial charge in [-0.1, -0.05) is 24.6 Å². The third-order valence-electron chi connectivity index (χ3n) is 2.68. The van der Waals surface area contributed by atoms with Gasteiger partial charge in [0.1, 0.15) is 0 Å². The Bertz CT molecular complexity index is 601. The van der Waals surface area contributed by atoms with E-state index in [1.165, 1.54) is 0 Å². The van der Waals surface area contributed by atoms with Crippen molar-refractivity contribution in [3.63, 3.8) is 0 Å². The second kappa shape index (κ2) is 6.12. The van der Waals surface area contributed by atoms with E-state index in [-0.39, 0.29) is 0 Å². The van der Waals surface area contributed by atoms with Crippen LogP contribution < -0.4 is 5.73 Å². The van der Waals surface area contributed by atoms with Gasteiger partial charge in [-0.15, -0.1) is 5.10 Å². The Kier molecular flexibility index (Phi) is 4.49. The number of tetrazole rings is 1. The number of benzene rings is 1. The Labute approximate surface area is 118 Å². The Morgan fingerprint density at radius 3 is 3.00 bits per heavy atom. The molecular formula is C11H14ClN5OS. The van der Waals surface area contributed by atoms with Gasteiger partial charge in [-0.25, -0.2) is 4.68 Å². The highest BCUT2D eigenvalue weighted by Crippen LogP contribution is 2.29. The molecule has 0 amide bonds. The maximum Gasteiger partial charge on any atom is 0.184 e. The number of hydrogen-bond donors (Lipinski definition) is 1. The first kappa shape index (κ1) is 14.0. The minimum absolute atomic E-state index is 0.442. The van der Waals surface area contributed by atoms with Crippen molar-refractivity contribution in [1.82, 2.24) is 20.2 Å². The topological polar surface area (TPSA) is 86.7 Å². The maximum absolute atomic E-state index is 11.5. The van der Waals surface area contributed by atoms with Crippen molar-refractivity contribution in [3.8, 4) is 11.4 Å². The molecule has 2 N–H and O–H groups in total. The summed E-state index contributed by atoms with van der Waals surface area (Å²) >= 11 is 5.98. The van der Waals surface area contributed by atoms with Gasteiger partial charge in [0.05, 0.1) is 17.3 Å². The summed E-state index contributed by atoms with van der Waals surface area (Å²) in [6.45, 7) is 2.36. The largest absolute Gasteiger partial charge is 0.397 e. The quantitative estimate of drug-likeness (QED) is 0.842. The zero-order valence-electron chi connectivity index (χ0n) is 10.4. The molecule has 0 radical (unpaired) electrons. The lowest BCUT2D eigenvalue weighted by Crippen LogP contribution is -2.12. The number of nitrogens with two attached hydrogens (primary N) is 1. The molecule has 0 saturated heterocycles. The second-order valence-electron chi connectivity index (χ2n) is 3.86. The standard InChI is InChI=1S/C11H14ClN5OS/c1-2-19(18)7-6-17-11(14-15-16-17)8-4-3-5-9(12)10(8)13/h3-5H,2,6-7,13H2,1H3. The van der Waals surface area contributed by atoms with Gasteiger partial charge in [0, 0.05) is 27.9 Å². The fourth-order valence-corrected chi connectivity index (χ4v) is 2.45. The highest BCUT2D eigenvalue weighted by atomic mass is 35.5. The predicted octanol–water partition coefficient (Wildman–Crippen LogP) is 1.34. The van der Waals surface area contributed by atoms with Gasteiger partial charge in [-0.05, 0) is 22.6 Å². The summed E-state index contributed by atoms with van der Waals surface area (Å²) in [6.07, 6.45) is 0. The number of nitrogens with zero attached hydrogens (tertiary/aromatic N) is 4. The first-order chi connectivity index (χ1) is 9.13. The van der Waals surface area contributed by atoms with Crippen LogP contribution in [0.15, 0.2) is 18.2 Å². The highest BCUT2D eigenvalue weighted by molar-refractivity contribution is 7.84. The average molecular weight is 300 g/mol. The molecule has 6 nitrogen and oxygen atoms in total. The van der Waals surface area contributed by atoms with E-state index in [2.05, 4.69) is 15.5 Å². The molecule has 1 atom stereocenters. The van der Waals surface area contributed by atoms with Crippen molar-refractivity contribution in [2.45, 2.75) is 13.5 Å². The summed E-state index contributed by atoms with van der Waals surface area (Å²) in [4.78, 5) is 0. The number of hydrogen-bond acceptors (Lipinski definition) is 5. The Morgan fingerprint density at radius 2 is 2.26 bits per heavy atom. The smallest absolute Gasteiger partial charge is 0.184 e. The molecule has 102 valence electrons. The van der Waals surface area contributed by atoms with Gasteiger partial charge < -0.3 is 5.73 Å². The van der Waals surface area contributed by atoms with E-state index >= 15 is 0 Å². The summed E-state index contributed by atoms with van der Waals surface area (Å²) < 4.78 is 13.1. The number of halogens is 1. The van der Waals surface area contributed by atoms with E-state index in [0.29, 0.717) is 40.1 Å². The molecule has 2 rings (SSSR count). The molecule has 0 saturated carbocycles. The molecule has 2 aromatic rings. The summed E-state index contributed by atoms with van der Waals surface area (Å²) in [5.41, 5.74) is 7.05. The third-order valence-corrected chi connectivity index (χ3v) is 4.29. The van der Waals surface area contributed by atoms with E-state index in [1.54, 1.807) is 22.9 Å². The van der Waals surface area contributed by atoms with Crippen molar-refractivity contribution in [1.29, 1.82) is 0 Å². The Balaban J connectivity index is 2.29. The summed E-state index contributed by atoms with van der Waals surface area (Å²) in [5.74, 6) is 1.67. The molecule has 8 heteroatoms. The van der Waals surface area contributed by atoms with Gasteiger partial charge >= 0.3 is 0 Å². The lowest BCUT2D eigenvalue weighted by atomic mass is 10.1. The molecule has 19 heavy (non-hydrogen) atoms. The molecule has 0 aliphatic heterocycles. The van der Waals surface area contributed by atoms with Crippen LogP contribution in [0, 0.1) is 0 Å². The minimum atomic E-state index is -0.860. The van der Waals surface area contributed by atoms with Crippen LogP contribution in [0.4, 0.5) is 5.69 Å².